The standard InChI is InChI=1S/C12H18N2OS.ClH/c15-12(4-3-11-2-1-6-13-11)14-8-10-5-7-16-9-10;/h5,7,9,11,13H,1-4,6,8H2,(H,14,15);1H. The molecule has 17 heavy (non-hydrogen) atoms. The highest BCUT2D eigenvalue weighted by Gasteiger charge is 2.14. The van der Waals surface area contributed by atoms with Gasteiger partial charge in [-0.3, -0.25) is 4.79 Å². The number of rotatable bonds is 5. The van der Waals surface area contributed by atoms with Gasteiger partial charge in [0, 0.05) is 19.0 Å². The summed E-state index contributed by atoms with van der Waals surface area (Å²) in [6.45, 7) is 1.78. The fourth-order valence-corrected chi connectivity index (χ4v) is 2.66. The Hall–Kier alpha value is -0.580. The van der Waals surface area contributed by atoms with Crippen LogP contribution in [0.2, 0.25) is 0 Å². The summed E-state index contributed by atoms with van der Waals surface area (Å²) in [5, 5.41) is 10.5. The average molecular weight is 275 g/mol. The SMILES string of the molecule is Cl.O=C(CCC1CCCN1)NCc1ccsc1. The van der Waals surface area contributed by atoms with Crippen LogP contribution in [0.15, 0.2) is 16.8 Å². The van der Waals surface area contributed by atoms with Crippen molar-refractivity contribution >= 4 is 29.7 Å². The topological polar surface area (TPSA) is 41.1 Å². The molecular weight excluding hydrogens is 256 g/mol. The van der Waals surface area contributed by atoms with Gasteiger partial charge in [0.1, 0.15) is 0 Å². The zero-order valence-corrected chi connectivity index (χ0v) is 11.4. The van der Waals surface area contributed by atoms with Crippen molar-refractivity contribution in [3.8, 4) is 0 Å². The minimum absolute atomic E-state index is 0. The lowest BCUT2D eigenvalue weighted by atomic mass is 10.1. The van der Waals surface area contributed by atoms with Crippen molar-refractivity contribution < 1.29 is 4.79 Å². The maximum absolute atomic E-state index is 11.6. The smallest absolute Gasteiger partial charge is 0.220 e. The van der Waals surface area contributed by atoms with Crippen molar-refractivity contribution in [3.05, 3.63) is 22.4 Å². The summed E-state index contributed by atoms with van der Waals surface area (Å²) in [4.78, 5) is 11.6. The summed E-state index contributed by atoms with van der Waals surface area (Å²) in [5.41, 5.74) is 1.19. The van der Waals surface area contributed by atoms with Crippen molar-refractivity contribution in [2.24, 2.45) is 0 Å². The molecule has 1 aliphatic rings. The van der Waals surface area contributed by atoms with Crippen LogP contribution in [0.25, 0.3) is 0 Å². The lowest BCUT2D eigenvalue weighted by molar-refractivity contribution is -0.121. The van der Waals surface area contributed by atoms with E-state index in [-0.39, 0.29) is 18.3 Å². The number of hydrogen-bond donors (Lipinski definition) is 2. The van der Waals surface area contributed by atoms with E-state index < -0.39 is 0 Å². The van der Waals surface area contributed by atoms with Gasteiger partial charge in [-0.2, -0.15) is 11.3 Å². The zero-order chi connectivity index (χ0) is 11.2. The molecule has 0 aromatic carbocycles. The Kier molecular flexibility index (Phi) is 6.55. The Labute approximate surface area is 112 Å². The van der Waals surface area contributed by atoms with E-state index in [4.69, 9.17) is 0 Å². The summed E-state index contributed by atoms with van der Waals surface area (Å²) in [6.07, 6.45) is 4.08. The predicted octanol–water partition coefficient (Wildman–Crippen LogP) is 2.32. The Morgan fingerprint density at radius 2 is 2.47 bits per heavy atom. The molecule has 3 nitrogen and oxygen atoms in total. The molecule has 1 aliphatic heterocycles. The molecule has 1 amide bonds. The van der Waals surface area contributed by atoms with Gasteiger partial charge >= 0.3 is 0 Å². The van der Waals surface area contributed by atoms with E-state index in [1.807, 2.05) is 11.4 Å². The summed E-state index contributed by atoms with van der Waals surface area (Å²) >= 11 is 1.66. The first-order valence-corrected chi connectivity index (χ1v) is 6.80. The normalized spacial score (nSPS) is 18.7. The number of halogens is 1. The molecule has 5 heteroatoms. The van der Waals surface area contributed by atoms with E-state index in [9.17, 15) is 4.79 Å². The number of nitrogens with one attached hydrogen (secondary N) is 2. The van der Waals surface area contributed by atoms with Crippen LogP contribution >= 0.6 is 23.7 Å². The Bertz CT molecular complexity index is 323. The molecule has 1 aromatic heterocycles. The third-order valence-corrected chi connectivity index (χ3v) is 3.68. The van der Waals surface area contributed by atoms with E-state index in [1.54, 1.807) is 11.3 Å². The minimum atomic E-state index is 0. The highest BCUT2D eigenvalue weighted by atomic mass is 35.5. The maximum atomic E-state index is 11.6. The van der Waals surface area contributed by atoms with Gasteiger partial charge in [-0.1, -0.05) is 0 Å². The lowest BCUT2D eigenvalue weighted by Crippen LogP contribution is -2.27. The molecule has 0 spiro atoms. The summed E-state index contributed by atoms with van der Waals surface area (Å²) in [6, 6.07) is 2.61. The molecule has 2 rings (SSSR count). The van der Waals surface area contributed by atoms with Crippen LogP contribution in [-0.4, -0.2) is 18.5 Å². The number of carbonyl (C=O) groups is 1. The van der Waals surface area contributed by atoms with Crippen molar-refractivity contribution in [3.63, 3.8) is 0 Å². The first-order chi connectivity index (χ1) is 7.84. The van der Waals surface area contributed by atoms with Crippen molar-refractivity contribution in [2.75, 3.05) is 6.54 Å². The molecule has 1 aromatic rings. The van der Waals surface area contributed by atoms with Crippen LogP contribution in [0.3, 0.4) is 0 Å². The van der Waals surface area contributed by atoms with E-state index >= 15 is 0 Å². The molecular formula is C12H19ClN2OS. The van der Waals surface area contributed by atoms with Crippen molar-refractivity contribution in [1.82, 2.24) is 10.6 Å². The quantitative estimate of drug-likeness (QED) is 0.865. The lowest BCUT2D eigenvalue weighted by Gasteiger charge is -2.09. The molecule has 96 valence electrons. The average Bonchev–Trinajstić information content (AvgIpc) is 2.96. The second-order valence-electron chi connectivity index (χ2n) is 4.24. The van der Waals surface area contributed by atoms with Crippen molar-refractivity contribution in [1.29, 1.82) is 0 Å². The van der Waals surface area contributed by atoms with Crippen LogP contribution in [0, 0.1) is 0 Å². The molecule has 1 fully saturated rings. The first kappa shape index (κ1) is 14.5. The van der Waals surface area contributed by atoms with Gasteiger partial charge in [0.15, 0.2) is 0 Å². The Morgan fingerprint density at radius 1 is 1.59 bits per heavy atom. The van der Waals surface area contributed by atoms with Gasteiger partial charge < -0.3 is 10.6 Å². The molecule has 1 unspecified atom stereocenters. The summed E-state index contributed by atoms with van der Waals surface area (Å²) in [5.74, 6) is 0.167. The number of carbonyl (C=O) groups excluding carboxylic acids is 1. The van der Waals surface area contributed by atoms with Crippen LogP contribution < -0.4 is 10.6 Å². The van der Waals surface area contributed by atoms with Gasteiger partial charge in [0.05, 0.1) is 0 Å². The molecule has 0 saturated carbocycles. The van der Waals surface area contributed by atoms with Crippen LogP contribution in [0.4, 0.5) is 0 Å². The molecule has 0 radical (unpaired) electrons. The van der Waals surface area contributed by atoms with Crippen LogP contribution in [0.5, 0.6) is 0 Å². The van der Waals surface area contributed by atoms with E-state index in [0.717, 1.165) is 13.0 Å². The second kappa shape index (κ2) is 7.69. The fraction of sp³-hybridized carbons (Fsp3) is 0.583. The number of hydrogen-bond acceptors (Lipinski definition) is 3. The largest absolute Gasteiger partial charge is 0.352 e. The van der Waals surface area contributed by atoms with Crippen LogP contribution in [-0.2, 0) is 11.3 Å². The van der Waals surface area contributed by atoms with E-state index in [1.165, 1.54) is 18.4 Å². The second-order valence-corrected chi connectivity index (χ2v) is 5.02. The molecule has 1 atom stereocenters. The van der Waals surface area contributed by atoms with Gasteiger partial charge in [-0.05, 0) is 48.2 Å². The predicted molar refractivity (Wildman–Crippen MR) is 73.7 cm³/mol. The summed E-state index contributed by atoms with van der Waals surface area (Å²) in [7, 11) is 0. The molecule has 2 heterocycles. The number of thiophene rings is 1. The summed E-state index contributed by atoms with van der Waals surface area (Å²) < 4.78 is 0. The maximum Gasteiger partial charge on any atom is 0.220 e. The first-order valence-electron chi connectivity index (χ1n) is 5.86. The number of amides is 1. The highest BCUT2D eigenvalue weighted by Crippen LogP contribution is 2.10. The van der Waals surface area contributed by atoms with Gasteiger partial charge in [-0.25, -0.2) is 0 Å². The van der Waals surface area contributed by atoms with Crippen LogP contribution in [0.1, 0.15) is 31.2 Å². The fourth-order valence-electron chi connectivity index (χ4n) is 1.99. The monoisotopic (exact) mass is 274 g/mol. The highest BCUT2D eigenvalue weighted by molar-refractivity contribution is 7.07. The minimum Gasteiger partial charge on any atom is -0.352 e. The van der Waals surface area contributed by atoms with E-state index in [2.05, 4.69) is 16.0 Å². The van der Waals surface area contributed by atoms with Gasteiger partial charge in [0.2, 0.25) is 5.91 Å². The van der Waals surface area contributed by atoms with Crippen molar-refractivity contribution in [2.45, 2.75) is 38.3 Å². The Balaban J connectivity index is 0.00000144. The molecule has 1 saturated heterocycles. The third-order valence-electron chi connectivity index (χ3n) is 2.95. The van der Waals surface area contributed by atoms with Gasteiger partial charge in [0.25, 0.3) is 0 Å². The zero-order valence-electron chi connectivity index (χ0n) is 9.78. The van der Waals surface area contributed by atoms with E-state index in [0.29, 0.717) is 19.0 Å². The third kappa shape index (κ3) is 5.06. The Morgan fingerprint density at radius 3 is 3.12 bits per heavy atom. The molecule has 0 bridgehead atoms. The molecule has 2 N–H and O–H groups in total. The molecule has 0 aliphatic carbocycles. The van der Waals surface area contributed by atoms with Gasteiger partial charge in [-0.15, -0.1) is 12.4 Å².